The molecule has 1 rings (SSSR count). The maximum absolute atomic E-state index is 10.7. The van der Waals surface area contributed by atoms with E-state index in [1.54, 1.807) is 0 Å². The fourth-order valence-electron chi connectivity index (χ4n) is 0.505. The minimum atomic E-state index is -1.88. The quantitative estimate of drug-likeness (QED) is 0.321. The van der Waals surface area contributed by atoms with E-state index >= 15 is 0 Å². The van der Waals surface area contributed by atoms with E-state index in [2.05, 4.69) is 4.99 Å². The summed E-state index contributed by atoms with van der Waals surface area (Å²) in [5.74, 6) is 0. The van der Waals surface area contributed by atoms with Crippen LogP contribution in [0.25, 0.3) is 0 Å². The fourth-order valence-corrected chi connectivity index (χ4v) is 0.818. The molecule has 0 fully saturated rings. The molecule has 14 heavy (non-hydrogen) atoms. The Labute approximate surface area is 157 Å². The monoisotopic (exact) mass is 267 g/mol. The van der Waals surface area contributed by atoms with E-state index in [0.29, 0.717) is 0 Å². The van der Waals surface area contributed by atoms with Crippen LogP contribution in [0.1, 0.15) is 0 Å². The van der Waals surface area contributed by atoms with Crippen molar-refractivity contribution in [1.29, 1.82) is 0 Å². The van der Waals surface area contributed by atoms with Gasteiger partial charge in [-0.2, -0.15) is 0 Å². The molecule has 0 bridgehead atoms. The van der Waals surface area contributed by atoms with Gasteiger partial charge in [0.15, 0.2) is 0 Å². The molecule has 64 valence electrons. The molecule has 0 aliphatic carbocycles. The van der Waals surface area contributed by atoms with E-state index in [-0.39, 0.29) is 97.5 Å². The molecule has 0 aromatic heterocycles. The normalized spacial score (nSPS) is 26.6. The molecule has 1 heterocycles. The Bertz CT molecular complexity index is 199. The van der Waals surface area contributed by atoms with Crippen LogP contribution in [0.3, 0.4) is 0 Å². The molecule has 0 spiro atoms. The molecule has 6 nitrogen and oxygen atoms in total. The summed E-state index contributed by atoms with van der Waals surface area (Å²) in [4.78, 5) is 2.89. The summed E-state index contributed by atoms with van der Waals surface area (Å²) in [6.45, 7) is 0. The van der Waals surface area contributed by atoms with Crippen LogP contribution in [0.15, 0.2) is 4.99 Å². The van der Waals surface area contributed by atoms with Crippen molar-refractivity contribution < 1.29 is 104 Å². The van der Waals surface area contributed by atoms with Gasteiger partial charge in [0.2, 0.25) is 0 Å². The predicted molar refractivity (Wildman–Crippen MR) is 30.4 cm³/mol. The minimum Gasteiger partial charge on any atom is -0.845 e. The van der Waals surface area contributed by atoms with Crippen molar-refractivity contribution in [3.8, 4) is 0 Å². The first kappa shape index (κ1) is 22.0. The van der Waals surface area contributed by atoms with Crippen molar-refractivity contribution in [2.75, 3.05) is 0 Å². The Morgan fingerprint density at radius 2 is 1.57 bits per heavy atom. The molecule has 2 atom stereocenters. The minimum absolute atomic E-state index is 0. The van der Waals surface area contributed by atoms with Crippen molar-refractivity contribution in [1.82, 2.24) is 8.84 Å². The molecule has 0 radical (unpaired) electrons. The van der Waals surface area contributed by atoms with Gasteiger partial charge in [-0.3, -0.25) is 9.41 Å². The number of nitrogens with zero attached hydrogens (tertiary/aromatic N) is 3. The Morgan fingerprint density at radius 3 is 2.00 bits per heavy atom. The first-order valence-electron chi connectivity index (χ1n) is 2.49. The van der Waals surface area contributed by atoms with Crippen LogP contribution >= 0.6 is 23.6 Å². The second kappa shape index (κ2) is 9.73. The third-order valence-electron chi connectivity index (χ3n) is 1.02. The zero-order valence-corrected chi connectivity index (χ0v) is 15.5. The maximum atomic E-state index is 10.7. The first-order chi connectivity index (χ1) is 5.04. The predicted octanol–water partition coefficient (Wildman–Crippen LogP) is -12.1. The van der Waals surface area contributed by atoms with E-state index in [0.717, 1.165) is 0 Å². The molecule has 1 aliphatic rings. The number of hydrogen-bond donors (Lipinski definition) is 0. The van der Waals surface area contributed by atoms with Crippen molar-refractivity contribution in [2.45, 2.75) is 12.7 Å². The third-order valence-corrected chi connectivity index (χ3v) is 1.67. The van der Waals surface area contributed by atoms with Gasteiger partial charge >= 0.3 is 88.7 Å². The summed E-state index contributed by atoms with van der Waals surface area (Å²) < 4.78 is 0.482. The van der Waals surface area contributed by atoms with Gasteiger partial charge in [-0.25, -0.2) is 4.42 Å². The average molecular weight is 268 g/mol. The molecule has 0 aromatic carbocycles. The number of rotatable bonds is 0. The average Bonchev–Trinajstić information content (AvgIpc) is 1.97. The first-order valence-corrected chi connectivity index (χ1v) is 3.17. The Kier molecular flexibility index (Phi) is 15.3. The third kappa shape index (κ3) is 5.37. The van der Waals surface area contributed by atoms with Crippen LogP contribution in [0.2, 0.25) is 0 Å². The topological polar surface area (TPSA) is 88.0 Å². The zero-order valence-electron chi connectivity index (χ0n) is 7.98. The molecular formula is C3H2Cl2N3Na3O3. The Hall–Kier alpha value is 2.73. The summed E-state index contributed by atoms with van der Waals surface area (Å²) >= 11 is 10.2. The molecule has 2 unspecified atom stereocenters. The van der Waals surface area contributed by atoms with E-state index in [4.69, 9.17) is 23.6 Å². The van der Waals surface area contributed by atoms with E-state index in [1.165, 1.54) is 0 Å². The van der Waals surface area contributed by atoms with Gasteiger partial charge in [0.05, 0.1) is 6.02 Å². The fraction of sp³-hybridized carbons (Fsp3) is 0.667. The number of amidine groups is 1. The molecule has 1 aliphatic heterocycles. The summed E-state index contributed by atoms with van der Waals surface area (Å²) in [5.41, 5.74) is 0. The summed E-state index contributed by atoms with van der Waals surface area (Å²) in [6.07, 6.45) is -3.76. The van der Waals surface area contributed by atoms with Crippen LogP contribution in [-0.4, -0.2) is 27.6 Å². The van der Waals surface area contributed by atoms with Crippen molar-refractivity contribution in [2.24, 2.45) is 4.99 Å². The van der Waals surface area contributed by atoms with E-state index in [9.17, 15) is 15.3 Å². The van der Waals surface area contributed by atoms with E-state index < -0.39 is 18.7 Å². The van der Waals surface area contributed by atoms with Gasteiger partial charge in [-0.15, -0.1) is 0 Å². The van der Waals surface area contributed by atoms with E-state index in [1.807, 2.05) is 0 Å². The second-order valence-electron chi connectivity index (χ2n) is 1.72. The van der Waals surface area contributed by atoms with Crippen LogP contribution < -0.4 is 104 Å². The number of aliphatic imine (C=N–C) groups is 1. The molecule has 0 N–H and O–H groups in total. The van der Waals surface area contributed by atoms with Gasteiger partial charge in [0, 0.05) is 24.5 Å². The SMILES string of the molecule is [Na+].[Na+].[Na+].[O-]C1=NC([O-])N(Cl)C([O-])N1Cl. The summed E-state index contributed by atoms with van der Waals surface area (Å²) in [5, 5.41) is 31.8. The van der Waals surface area contributed by atoms with Gasteiger partial charge < -0.3 is 15.3 Å². The zero-order chi connectivity index (χ0) is 8.59. The smallest absolute Gasteiger partial charge is 0.845 e. The number of halogens is 2. The Balaban J connectivity index is -0.000000403. The van der Waals surface area contributed by atoms with Gasteiger partial charge in [0.1, 0.15) is 0 Å². The van der Waals surface area contributed by atoms with Crippen LogP contribution in [0.5, 0.6) is 0 Å². The van der Waals surface area contributed by atoms with Crippen molar-refractivity contribution >= 4 is 29.6 Å². The molecule has 0 aromatic rings. The van der Waals surface area contributed by atoms with Gasteiger partial charge in [-0.05, 0) is 11.8 Å². The molecule has 0 amide bonds. The van der Waals surface area contributed by atoms with Crippen molar-refractivity contribution in [3.05, 3.63) is 0 Å². The summed E-state index contributed by atoms with van der Waals surface area (Å²) in [6, 6.07) is -1.07. The summed E-state index contributed by atoms with van der Waals surface area (Å²) in [7, 11) is 0. The standard InChI is InChI=1S/C3H3Cl2N3O3.3Na/c4-7-1(9)6-2(10)8(5)3(7)11;;;/h1,3H,(H,6,10);;;/q-2;3*+1/p-1. The maximum Gasteiger partial charge on any atom is 1.00 e. The molecule has 0 saturated carbocycles. The van der Waals surface area contributed by atoms with Gasteiger partial charge in [-0.1, -0.05) is 0 Å². The van der Waals surface area contributed by atoms with Gasteiger partial charge in [0.25, 0.3) is 0 Å². The number of hydrogen-bond acceptors (Lipinski definition) is 6. The van der Waals surface area contributed by atoms with Crippen molar-refractivity contribution in [3.63, 3.8) is 0 Å². The van der Waals surface area contributed by atoms with Crippen LogP contribution in [0, 0.1) is 0 Å². The largest absolute Gasteiger partial charge is 1.00 e. The molecule has 11 heteroatoms. The van der Waals surface area contributed by atoms with Crippen LogP contribution in [0.4, 0.5) is 0 Å². The molecule has 0 saturated heterocycles. The molecular weight excluding hydrogens is 266 g/mol. The van der Waals surface area contributed by atoms with Crippen LogP contribution in [-0.2, 0) is 0 Å². The Morgan fingerprint density at radius 1 is 1.14 bits per heavy atom. The second-order valence-corrected chi connectivity index (χ2v) is 2.47.